The summed E-state index contributed by atoms with van der Waals surface area (Å²) in [6.45, 7) is 3.37. The Hall–Kier alpha value is -3.49. The van der Waals surface area contributed by atoms with Crippen LogP contribution in [-0.2, 0) is 6.18 Å². The van der Waals surface area contributed by atoms with Crippen molar-refractivity contribution in [3.8, 4) is 17.2 Å². The topological polar surface area (TPSA) is 65.7 Å². The van der Waals surface area contributed by atoms with E-state index in [-0.39, 0.29) is 32.5 Å². The van der Waals surface area contributed by atoms with E-state index in [0.29, 0.717) is 5.56 Å². The van der Waals surface area contributed by atoms with E-state index in [1.54, 1.807) is 26.0 Å². The van der Waals surface area contributed by atoms with E-state index in [1.807, 2.05) is 0 Å². The molecule has 1 aromatic heterocycles. The minimum atomic E-state index is -5.03. The number of hydrogen-bond acceptors (Lipinski definition) is 5. The SMILES string of the molecule is Cc1ccc(C)c(Oc2c(C(F)(F)F)oc3cc(OC(=O)c4ccc(Cl)c(Cl)c4)ccc3c2=O)c1. The lowest BCUT2D eigenvalue weighted by molar-refractivity contribution is -0.154. The van der Waals surface area contributed by atoms with Gasteiger partial charge in [0, 0.05) is 6.07 Å². The summed E-state index contributed by atoms with van der Waals surface area (Å²) in [6, 6.07) is 12.5. The number of fused-ring (bicyclic) bond motifs is 1. The third-order valence-electron chi connectivity index (χ3n) is 5.00. The first-order valence-corrected chi connectivity index (χ1v) is 10.8. The Morgan fingerprint density at radius 3 is 2.37 bits per heavy atom. The Bertz CT molecular complexity index is 1530. The molecule has 0 aliphatic heterocycles. The average Bonchev–Trinajstić information content (AvgIpc) is 2.78. The first-order chi connectivity index (χ1) is 16.4. The van der Waals surface area contributed by atoms with Gasteiger partial charge in [-0.3, -0.25) is 4.79 Å². The summed E-state index contributed by atoms with van der Waals surface area (Å²) in [5.41, 5.74) is -0.128. The van der Waals surface area contributed by atoms with Crippen LogP contribution < -0.4 is 14.9 Å². The fraction of sp³-hybridized carbons (Fsp3) is 0.120. The summed E-state index contributed by atoms with van der Waals surface area (Å²) in [5.74, 6) is -3.48. The predicted molar refractivity (Wildman–Crippen MR) is 125 cm³/mol. The average molecular weight is 523 g/mol. The van der Waals surface area contributed by atoms with Gasteiger partial charge in [0.15, 0.2) is 0 Å². The quantitative estimate of drug-likeness (QED) is 0.202. The van der Waals surface area contributed by atoms with Gasteiger partial charge in [0.1, 0.15) is 17.1 Å². The molecule has 5 nitrogen and oxygen atoms in total. The number of hydrogen-bond donors (Lipinski definition) is 0. The maximum Gasteiger partial charge on any atom is 0.453 e. The van der Waals surface area contributed by atoms with E-state index < -0.39 is 34.7 Å². The number of carbonyl (C=O) groups excluding carboxylic acids is 1. The Morgan fingerprint density at radius 2 is 1.69 bits per heavy atom. The first kappa shape index (κ1) is 24.6. The van der Waals surface area contributed by atoms with Crippen molar-refractivity contribution in [3.05, 3.63) is 97.3 Å². The van der Waals surface area contributed by atoms with Crippen LogP contribution in [0, 0.1) is 13.8 Å². The molecule has 3 aromatic carbocycles. The van der Waals surface area contributed by atoms with Gasteiger partial charge in [0.25, 0.3) is 5.76 Å². The zero-order chi connectivity index (χ0) is 25.5. The molecule has 180 valence electrons. The zero-order valence-corrected chi connectivity index (χ0v) is 19.6. The van der Waals surface area contributed by atoms with Crippen molar-refractivity contribution < 1.29 is 31.9 Å². The molecule has 1 heterocycles. The van der Waals surface area contributed by atoms with Crippen LogP contribution in [-0.4, -0.2) is 5.97 Å². The van der Waals surface area contributed by atoms with Crippen LogP contribution in [0.25, 0.3) is 11.0 Å². The van der Waals surface area contributed by atoms with Gasteiger partial charge in [0.2, 0.25) is 11.2 Å². The number of carbonyl (C=O) groups is 1. The van der Waals surface area contributed by atoms with E-state index in [2.05, 4.69) is 0 Å². The molecule has 0 unspecified atom stereocenters. The fourth-order valence-electron chi connectivity index (χ4n) is 3.22. The molecule has 0 fully saturated rings. The number of ether oxygens (including phenoxy) is 2. The van der Waals surface area contributed by atoms with Crippen molar-refractivity contribution in [1.29, 1.82) is 0 Å². The lowest BCUT2D eigenvalue weighted by Crippen LogP contribution is -2.16. The highest BCUT2D eigenvalue weighted by Crippen LogP contribution is 2.39. The van der Waals surface area contributed by atoms with Crippen LogP contribution in [0.15, 0.2) is 63.8 Å². The van der Waals surface area contributed by atoms with Crippen LogP contribution in [0.1, 0.15) is 27.2 Å². The second kappa shape index (κ2) is 9.28. The van der Waals surface area contributed by atoms with Crippen molar-refractivity contribution in [2.75, 3.05) is 0 Å². The van der Waals surface area contributed by atoms with Crippen LogP contribution in [0.4, 0.5) is 13.2 Å². The lowest BCUT2D eigenvalue weighted by atomic mass is 10.1. The molecule has 0 bridgehead atoms. The monoisotopic (exact) mass is 522 g/mol. The summed E-state index contributed by atoms with van der Waals surface area (Å²) in [6.07, 6.45) is -5.03. The van der Waals surface area contributed by atoms with E-state index in [0.717, 1.165) is 11.6 Å². The fourth-order valence-corrected chi connectivity index (χ4v) is 3.51. The second-order valence-electron chi connectivity index (χ2n) is 7.63. The summed E-state index contributed by atoms with van der Waals surface area (Å²) < 4.78 is 57.2. The Labute approximate surface area is 206 Å². The molecule has 0 aliphatic carbocycles. The van der Waals surface area contributed by atoms with E-state index in [4.69, 9.17) is 37.1 Å². The Kier molecular flexibility index (Phi) is 6.53. The molecule has 0 radical (unpaired) electrons. The highest BCUT2D eigenvalue weighted by molar-refractivity contribution is 6.42. The van der Waals surface area contributed by atoms with Crippen molar-refractivity contribution in [2.45, 2.75) is 20.0 Å². The molecule has 4 aromatic rings. The summed E-state index contributed by atoms with van der Waals surface area (Å²) in [4.78, 5) is 25.4. The lowest BCUT2D eigenvalue weighted by Gasteiger charge is -2.15. The maximum absolute atomic E-state index is 13.8. The molecule has 0 spiro atoms. The number of halogens is 5. The van der Waals surface area contributed by atoms with Crippen molar-refractivity contribution >= 4 is 40.1 Å². The molecule has 0 N–H and O–H groups in total. The third kappa shape index (κ3) is 5.13. The normalized spacial score (nSPS) is 11.5. The van der Waals surface area contributed by atoms with Crippen LogP contribution in [0.3, 0.4) is 0 Å². The number of benzene rings is 3. The van der Waals surface area contributed by atoms with Gasteiger partial charge in [-0.25, -0.2) is 4.79 Å². The third-order valence-corrected chi connectivity index (χ3v) is 5.74. The van der Waals surface area contributed by atoms with Crippen LogP contribution in [0.5, 0.6) is 17.2 Å². The van der Waals surface area contributed by atoms with Gasteiger partial charge < -0.3 is 13.9 Å². The van der Waals surface area contributed by atoms with Gasteiger partial charge in [-0.2, -0.15) is 13.2 Å². The number of alkyl halides is 3. The van der Waals surface area contributed by atoms with E-state index >= 15 is 0 Å². The van der Waals surface area contributed by atoms with E-state index in [9.17, 15) is 22.8 Å². The summed E-state index contributed by atoms with van der Waals surface area (Å²) in [5, 5.41) is 0.165. The smallest absolute Gasteiger partial charge is 0.449 e. The maximum atomic E-state index is 13.8. The standard InChI is InChI=1S/C25H15Cl2F3O5/c1-12-3-4-13(2)19(9-12)34-22-21(31)16-7-6-15(11-20(16)35-23(22)25(28,29)30)33-24(32)14-5-8-17(26)18(27)10-14/h3-11H,1-2H3. The van der Waals surface area contributed by atoms with Crippen molar-refractivity contribution in [3.63, 3.8) is 0 Å². The van der Waals surface area contributed by atoms with Crippen molar-refractivity contribution in [2.24, 2.45) is 0 Å². The molecule has 0 aliphatic rings. The minimum absolute atomic E-state index is 0.0641. The minimum Gasteiger partial charge on any atom is -0.449 e. The van der Waals surface area contributed by atoms with Gasteiger partial charge in [0.05, 0.1) is 21.0 Å². The number of aryl methyl sites for hydroxylation is 2. The first-order valence-electron chi connectivity index (χ1n) is 10.0. The van der Waals surface area contributed by atoms with Crippen LogP contribution in [0.2, 0.25) is 10.0 Å². The molecule has 10 heteroatoms. The van der Waals surface area contributed by atoms with Gasteiger partial charge in [-0.1, -0.05) is 35.3 Å². The number of esters is 1. The predicted octanol–water partition coefficient (Wildman–Crippen LogP) is 7.75. The highest BCUT2D eigenvalue weighted by Gasteiger charge is 2.40. The van der Waals surface area contributed by atoms with Crippen molar-refractivity contribution in [1.82, 2.24) is 0 Å². The molecular formula is C25H15Cl2F3O5. The molecule has 0 amide bonds. The Morgan fingerprint density at radius 1 is 0.943 bits per heavy atom. The molecule has 0 saturated heterocycles. The summed E-state index contributed by atoms with van der Waals surface area (Å²) in [7, 11) is 0. The van der Waals surface area contributed by atoms with E-state index in [1.165, 1.54) is 36.4 Å². The Balaban J connectivity index is 1.77. The van der Waals surface area contributed by atoms with Gasteiger partial charge in [-0.05, 0) is 61.4 Å². The molecule has 35 heavy (non-hydrogen) atoms. The number of rotatable bonds is 4. The second-order valence-corrected chi connectivity index (χ2v) is 8.45. The van der Waals surface area contributed by atoms with Crippen LogP contribution >= 0.6 is 23.2 Å². The molecule has 0 atom stereocenters. The molecule has 0 saturated carbocycles. The summed E-state index contributed by atoms with van der Waals surface area (Å²) >= 11 is 11.7. The van der Waals surface area contributed by atoms with Gasteiger partial charge >= 0.3 is 12.1 Å². The molecule has 4 rings (SSSR count). The largest absolute Gasteiger partial charge is 0.453 e. The molecular weight excluding hydrogens is 508 g/mol. The highest BCUT2D eigenvalue weighted by atomic mass is 35.5. The van der Waals surface area contributed by atoms with Gasteiger partial charge in [-0.15, -0.1) is 0 Å². The zero-order valence-electron chi connectivity index (χ0n) is 18.1.